The highest BCUT2D eigenvalue weighted by atomic mass is 19.4. The zero-order valence-electron chi connectivity index (χ0n) is 16.8. The van der Waals surface area contributed by atoms with Crippen molar-refractivity contribution in [3.05, 3.63) is 59.2 Å². The zero-order valence-corrected chi connectivity index (χ0v) is 16.8. The van der Waals surface area contributed by atoms with E-state index in [1.807, 2.05) is 12.1 Å². The minimum absolute atomic E-state index is 0.152. The quantitative estimate of drug-likeness (QED) is 0.688. The lowest BCUT2D eigenvalue weighted by molar-refractivity contribution is -0.137. The molecule has 0 saturated heterocycles. The molecule has 3 N–H and O–H groups in total. The number of benzene rings is 2. The monoisotopic (exact) mass is 404 g/mol. The van der Waals surface area contributed by atoms with Gasteiger partial charge in [0, 0.05) is 18.2 Å². The molecule has 1 amide bonds. The summed E-state index contributed by atoms with van der Waals surface area (Å²) in [6.07, 6.45) is 0.192. The largest absolute Gasteiger partial charge is 0.416 e. The van der Waals surface area contributed by atoms with Crippen LogP contribution in [0.4, 0.5) is 13.2 Å². The first kappa shape index (κ1) is 21.4. The molecule has 1 aliphatic carbocycles. The third-order valence-corrected chi connectivity index (χ3v) is 5.77. The summed E-state index contributed by atoms with van der Waals surface area (Å²) in [4.78, 5) is 11.4. The maximum absolute atomic E-state index is 13.2. The average molecular weight is 404 g/mol. The second-order valence-corrected chi connectivity index (χ2v) is 8.68. The Morgan fingerprint density at radius 3 is 2.24 bits per heavy atom. The maximum atomic E-state index is 13.2. The van der Waals surface area contributed by atoms with E-state index in [-0.39, 0.29) is 5.56 Å². The number of carbonyl (C=O) groups excluding carboxylic acids is 1. The molecular formula is C23H27F3N2O. The van der Waals surface area contributed by atoms with E-state index in [2.05, 4.69) is 19.2 Å². The van der Waals surface area contributed by atoms with Gasteiger partial charge in [-0.3, -0.25) is 4.79 Å². The molecule has 6 heteroatoms. The molecule has 2 aromatic carbocycles. The summed E-state index contributed by atoms with van der Waals surface area (Å²) >= 11 is 0. The van der Waals surface area contributed by atoms with Crippen molar-refractivity contribution in [1.82, 2.24) is 5.32 Å². The number of halogens is 3. The summed E-state index contributed by atoms with van der Waals surface area (Å²) in [5.41, 5.74) is 6.61. The molecular weight excluding hydrogens is 377 g/mol. The molecule has 1 aliphatic rings. The van der Waals surface area contributed by atoms with Crippen molar-refractivity contribution >= 4 is 5.91 Å². The summed E-state index contributed by atoms with van der Waals surface area (Å²) in [6.45, 7) is 5.33. The Morgan fingerprint density at radius 2 is 1.69 bits per heavy atom. The molecule has 0 radical (unpaired) electrons. The van der Waals surface area contributed by atoms with Crippen molar-refractivity contribution in [3.63, 3.8) is 0 Å². The summed E-state index contributed by atoms with van der Waals surface area (Å²) in [7, 11) is 0. The van der Waals surface area contributed by atoms with Crippen molar-refractivity contribution in [3.8, 4) is 11.1 Å². The first-order valence-corrected chi connectivity index (χ1v) is 9.88. The standard InChI is InChI=1S/C23H27F3N2O/c1-22(2)9-7-20(8-10-22)28-14-15-3-5-16(6-4-15)17-11-18(21(27)29)13-19(12-17)23(24,25)26/h3-6,11-13,20,28H,7-10,14H2,1-2H3,(H2,27,29). The minimum Gasteiger partial charge on any atom is -0.366 e. The van der Waals surface area contributed by atoms with Gasteiger partial charge in [0.2, 0.25) is 5.91 Å². The predicted molar refractivity (Wildman–Crippen MR) is 108 cm³/mol. The van der Waals surface area contributed by atoms with Crippen LogP contribution < -0.4 is 11.1 Å². The molecule has 29 heavy (non-hydrogen) atoms. The van der Waals surface area contributed by atoms with E-state index >= 15 is 0 Å². The number of carbonyl (C=O) groups is 1. The van der Waals surface area contributed by atoms with E-state index in [4.69, 9.17) is 5.73 Å². The number of hydrogen-bond donors (Lipinski definition) is 2. The molecule has 2 aromatic rings. The number of nitrogens with one attached hydrogen (secondary N) is 1. The molecule has 0 spiro atoms. The van der Waals surface area contributed by atoms with Crippen molar-refractivity contribution in [1.29, 1.82) is 0 Å². The van der Waals surface area contributed by atoms with E-state index in [9.17, 15) is 18.0 Å². The fourth-order valence-corrected chi connectivity index (χ4v) is 3.78. The number of nitrogens with two attached hydrogens (primary N) is 1. The van der Waals surface area contributed by atoms with Gasteiger partial charge in [0.25, 0.3) is 0 Å². The molecule has 156 valence electrons. The topological polar surface area (TPSA) is 55.1 Å². The first-order chi connectivity index (χ1) is 13.5. The minimum atomic E-state index is -4.54. The van der Waals surface area contributed by atoms with Gasteiger partial charge in [0.05, 0.1) is 5.56 Å². The Balaban J connectivity index is 1.71. The molecule has 1 saturated carbocycles. The number of primary amides is 1. The Bertz CT molecular complexity index is 863. The van der Waals surface area contributed by atoms with Crippen LogP contribution in [0.15, 0.2) is 42.5 Å². The van der Waals surface area contributed by atoms with Gasteiger partial charge in [-0.25, -0.2) is 0 Å². The molecule has 0 atom stereocenters. The van der Waals surface area contributed by atoms with E-state index < -0.39 is 17.6 Å². The highest BCUT2D eigenvalue weighted by Gasteiger charge is 2.31. The number of amides is 1. The van der Waals surface area contributed by atoms with Crippen molar-refractivity contribution < 1.29 is 18.0 Å². The first-order valence-electron chi connectivity index (χ1n) is 9.88. The van der Waals surface area contributed by atoms with Gasteiger partial charge in [0.15, 0.2) is 0 Å². The van der Waals surface area contributed by atoms with Gasteiger partial charge in [-0.1, -0.05) is 38.1 Å². The molecule has 3 nitrogen and oxygen atoms in total. The maximum Gasteiger partial charge on any atom is 0.416 e. The summed E-state index contributed by atoms with van der Waals surface area (Å²) in [5.74, 6) is -0.881. The summed E-state index contributed by atoms with van der Waals surface area (Å²) in [6, 6.07) is 11.1. The fourth-order valence-electron chi connectivity index (χ4n) is 3.78. The molecule has 0 unspecified atom stereocenters. The highest BCUT2D eigenvalue weighted by molar-refractivity contribution is 5.94. The van der Waals surface area contributed by atoms with Crippen LogP contribution >= 0.6 is 0 Å². The Labute approximate surface area is 169 Å². The number of alkyl halides is 3. The normalized spacial score (nSPS) is 17.3. The van der Waals surface area contributed by atoms with Crippen LogP contribution in [0.1, 0.15) is 61.0 Å². The molecule has 3 rings (SSSR count). The SMILES string of the molecule is CC1(C)CCC(NCc2ccc(-c3cc(C(N)=O)cc(C(F)(F)F)c3)cc2)CC1. The lowest BCUT2D eigenvalue weighted by Crippen LogP contribution is -2.35. The number of rotatable bonds is 5. The van der Waals surface area contributed by atoms with Crippen LogP contribution in [0.3, 0.4) is 0 Å². The Hall–Kier alpha value is -2.34. The number of hydrogen-bond acceptors (Lipinski definition) is 2. The molecule has 0 aliphatic heterocycles. The smallest absolute Gasteiger partial charge is 0.366 e. The van der Waals surface area contributed by atoms with Crippen LogP contribution in [-0.2, 0) is 12.7 Å². The van der Waals surface area contributed by atoms with Crippen LogP contribution in [-0.4, -0.2) is 11.9 Å². The predicted octanol–water partition coefficient (Wildman–Crippen LogP) is 5.53. The van der Waals surface area contributed by atoms with Gasteiger partial charge in [-0.05, 0) is 66.0 Å². The van der Waals surface area contributed by atoms with Gasteiger partial charge in [-0.2, -0.15) is 13.2 Å². The lowest BCUT2D eigenvalue weighted by Gasteiger charge is -2.34. The summed E-state index contributed by atoms with van der Waals surface area (Å²) in [5, 5.41) is 3.58. The second kappa shape index (κ2) is 8.19. The third kappa shape index (κ3) is 5.60. The van der Waals surface area contributed by atoms with Crippen LogP contribution in [0, 0.1) is 5.41 Å². The second-order valence-electron chi connectivity index (χ2n) is 8.68. The molecule has 1 fully saturated rings. The van der Waals surface area contributed by atoms with E-state index in [1.54, 1.807) is 12.1 Å². The summed E-state index contributed by atoms with van der Waals surface area (Å²) < 4.78 is 39.5. The van der Waals surface area contributed by atoms with Gasteiger partial charge in [0.1, 0.15) is 0 Å². The fraction of sp³-hybridized carbons (Fsp3) is 0.435. The highest BCUT2D eigenvalue weighted by Crippen LogP contribution is 2.35. The van der Waals surface area contributed by atoms with E-state index in [1.165, 1.54) is 18.9 Å². The third-order valence-electron chi connectivity index (χ3n) is 5.77. The average Bonchev–Trinajstić information content (AvgIpc) is 2.66. The van der Waals surface area contributed by atoms with Crippen molar-refractivity contribution in [2.24, 2.45) is 11.1 Å². The van der Waals surface area contributed by atoms with Crippen LogP contribution in [0.5, 0.6) is 0 Å². The van der Waals surface area contributed by atoms with Gasteiger partial charge >= 0.3 is 6.18 Å². The van der Waals surface area contributed by atoms with Gasteiger partial charge < -0.3 is 11.1 Å². The lowest BCUT2D eigenvalue weighted by atomic mass is 9.75. The van der Waals surface area contributed by atoms with E-state index in [0.717, 1.165) is 37.1 Å². The van der Waals surface area contributed by atoms with Crippen LogP contribution in [0.25, 0.3) is 11.1 Å². The van der Waals surface area contributed by atoms with E-state index in [0.29, 0.717) is 22.6 Å². The van der Waals surface area contributed by atoms with Crippen molar-refractivity contribution in [2.75, 3.05) is 0 Å². The Kier molecular flexibility index (Phi) is 6.03. The van der Waals surface area contributed by atoms with Crippen molar-refractivity contribution in [2.45, 2.75) is 58.3 Å². The van der Waals surface area contributed by atoms with Gasteiger partial charge in [-0.15, -0.1) is 0 Å². The molecule has 0 bridgehead atoms. The van der Waals surface area contributed by atoms with Crippen LogP contribution in [0.2, 0.25) is 0 Å². The Morgan fingerprint density at radius 1 is 1.07 bits per heavy atom. The molecule has 0 aromatic heterocycles. The molecule has 0 heterocycles. The zero-order chi connectivity index (χ0) is 21.2.